The lowest BCUT2D eigenvalue weighted by molar-refractivity contribution is 0.265. The predicted molar refractivity (Wildman–Crippen MR) is 105 cm³/mol. The van der Waals surface area contributed by atoms with Gasteiger partial charge in [-0.25, -0.2) is 0 Å². The van der Waals surface area contributed by atoms with Gasteiger partial charge in [0.2, 0.25) is 0 Å². The largest absolute Gasteiger partial charge is 0.396 e. The molecule has 2 rings (SSSR count). The van der Waals surface area contributed by atoms with Crippen LogP contribution in [0.3, 0.4) is 0 Å². The highest BCUT2D eigenvalue weighted by Crippen LogP contribution is 2.13. The molecule has 1 aromatic carbocycles. The fourth-order valence-electron chi connectivity index (χ4n) is 3.29. The van der Waals surface area contributed by atoms with Crippen LogP contribution in [0.4, 0.5) is 0 Å². The molecule has 5 nitrogen and oxygen atoms in total. The molecule has 0 aromatic heterocycles. The minimum Gasteiger partial charge on any atom is -0.396 e. The van der Waals surface area contributed by atoms with Crippen molar-refractivity contribution in [2.45, 2.75) is 32.6 Å². The van der Waals surface area contributed by atoms with Gasteiger partial charge in [0.25, 0.3) is 0 Å². The Hall–Kier alpha value is -1.59. The lowest BCUT2D eigenvalue weighted by atomic mass is 10.0. The topological polar surface area (TPSA) is 59.9 Å². The van der Waals surface area contributed by atoms with Crippen LogP contribution in [0.1, 0.15) is 38.2 Å². The van der Waals surface area contributed by atoms with Crippen LogP contribution in [-0.2, 0) is 0 Å². The van der Waals surface area contributed by atoms with Crippen LogP contribution in [0.15, 0.2) is 35.3 Å². The van der Waals surface area contributed by atoms with E-state index in [9.17, 15) is 5.11 Å². The summed E-state index contributed by atoms with van der Waals surface area (Å²) in [6.45, 7) is 10.4. The lowest BCUT2D eigenvalue weighted by Crippen LogP contribution is -2.40. The van der Waals surface area contributed by atoms with Crippen LogP contribution in [0.5, 0.6) is 0 Å². The monoisotopic (exact) mass is 346 g/mol. The summed E-state index contributed by atoms with van der Waals surface area (Å²) in [6.07, 6.45) is 2.67. The van der Waals surface area contributed by atoms with Crippen molar-refractivity contribution >= 4 is 5.96 Å². The normalized spacial score (nSPS) is 18.1. The Labute approximate surface area is 152 Å². The number of likely N-dealkylation sites (tertiary alicyclic amines) is 1. The highest BCUT2D eigenvalue weighted by Gasteiger charge is 2.15. The molecule has 1 aliphatic heterocycles. The number of aliphatic hydroxyl groups excluding tert-OH is 1. The Bertz CT molecular complexity index is 500. The molecular formula is C20H34N4O. The zero-order valence-electron chi connectivity index (χ0n) is 15.7. The van der Waals surface area contributed by atoms with E-state index in [4.69, 9.17) is 4.99 Å². The molecular weight excluding hydrogens is 312 g/mol. The minimum absolute atomic E-state index is 0.0760. The maximum atomic E-state index is 9.69. The maximum Gasteiger partial charge on any atom is 0.191 e. The quantitative estimate of drug-likeness (QED) is 0.473. The van der Waals surface area contributed by atoms with Gasteiger partial charge in [-0.15, -0.1) is 0 Å². The first kappa shape index (κ1) is 19.7. The average Bonchev–Trinajstić information content (AvgIpc) is 3.14. The first-order valence-electron chi connectivity index (χ1n) is 9.63. The van der Waals surface area contributed by atoms with Gasteiger partial charge < -0.3 is 20.6 Å². The first-order valence-corrected chi connectivity index (χ1v) is 9.63. The Kier molecular flexibility index (Phi) is 8.77. The average molecular weight is 347 g/mol. The smallest absolute Gasteiger partial charge is 0.191 e. The van der Waals surface area contributed by atoms with E-state index in [0.717, 1.165) is 31.2 Å². The number of benzene rings is 1. The van der Waals surface area contributed by atoms with Gasteiger partial charge in [-0.2, -0.15) is 0 Å². The molecule has 0 radical (unpaired) electrons. The third kappa shape index (κ3) is 7.04. The molecule has 1 aliphatic rings. The van der Waals surface area contributed by atoms with Crippen LogP contribution in [0, 0.1) is 5.92 Å². The minimum atomic E-state index is 0.0760. The van der Waals surface area contributed by atoms with Crippen LogP contribution < -0.4 is 10.6 Å². The van der Waals surface area contributed by atoms with Crippen molar-refractivity contribution in [3.63, 3.8) is 0 Å². The summed E-state index contributed by atoms with van der Waals surface area (Å²) in [5.41, 5.74) is 1.15. The van der Waals surface area contributed by atoms with Crippen LogP contribution in [0.2, 0.25) is 0 Å². The maximum absolute atomic E-state index is 9.69. The van der Waals surface area contributed by atoms with E-state index >= 15 is 0 Å². The van der Waals surface area contributed by atoms with Crippen LogP contribution in [0.25, 0.3) is 0 Å². The van der Waals surface area contributed by atoms with E-state index in [1.54, 1.807) is 0 Å². The van der Waals surface area contributed by atoms with Crippen molar-refractivity contribution in [2.75, 3.05) is 45.9 Å². The summed E-state index contributed by atoms with van der Waals surface area (Å²) < 4.78 is 0. The second-order valence-electron chi connectivity index (χ2n) is 7.00. The van der Waals surface area contributed by atoms with Crippen molar-refractivity contribution in [3.8, 4) is 0 Å². The van der Waals surface area contributed by atoms with Crippen molar-refractivity contribution in [3.05, 3.63) is 35.9 Å². The van der Waals surface area contributed by atoms with Crippen molar-refractivity contribution in [2.24, 2.45) is 10.9 Å². The van der Waals surface area contributed by atoms with Crippen molar-refractivity contribution in [1.82, 2.24) is 15.5 Å². The number of aliphatic hydroxyl groups is 1. The van der Waals surface area contributed by atoms with Gasteiger partial charge >= 0.3 is 0 Å². The summed E-state index contributed by atoms with van der Waals surface area (Å²) in [7, 11) is 0. The number of hydrogen-bond donors (Lipinski definition) is 3. The summed E-state index contributed by atoms with van der Waals surface area (Å²) in [4.78, 5) is 7.28. The molecule has 2 unspecified atom stereocenters. The molecule has 0 amide bonds. The van der Waals surface area contributed by atoms with Gasteiger partial charge in [-0.3, -0.25) is 4.99 Å². The Morgan fingerprint density at radius 1 is 1.20 bits per heavy atom. The van der Waals surface area contributed by atoms with Crippen LogP contribution >= 0.6 is 0 Å². The SMILES string of the molecule is CCNC(=NCC(C)CN1CCCC1)NCC(CO)c1ccccc1. The fraction of sp³-hybridized carbons (Fsp3) is 0.650. The fourth-order valence-corrected chi connectivity index (χ4v) is 3.29. The second-order valence-corrected chi connectivity index (χ2v) is 7.00. The molecule has 1 heterocycles. The molecule has 0 bridgehead atoms. The lowest BCUT2D eigenvalue weighted by Gasteiger charge is -2.20. The number of guanidine groups is 1. The number of rotatable bonds is 9. The number of hydrogen-bond acceptors (Lipinski definition) is 3. The van der Waals surface area contributed by atoms with E-state index in [-0.39, 0.29) is 12.5 Å². The van der Waals surface area contributed by atoms with Crippen LogP contribution in [-0.4, -0.2) is 61.8 Å². The summed E-state index contributed by atoms with van der Waals surface area (Å²) in [6, 6.07) is 10.1. The summed E-state index contributed by atoms with van der Waals surface area (Å²) in [5, 5.41) is 16.4. The molecule has 0 saturated carbocycles. The third-order valence-electron chi connectivity index (χ3n) is 4.68. The predicted octanol–water partition coefficient (Wildman–Crippen LogP) is 2.05. The summed E-state index contributed by atoms with van der Waals surface area (Å²) in [5.74, 6) is 1.47. The number of aliphatic imine (C=N–C) groups is 1. The molecule has 0 spiro atoms. The second kappa shape index (κ2) is 11.1. The molecule has 1 saturated heterocycles. The van der Waals surface area contributed by atoms with Gasteiger partial charge in [0.1, 0.15) is 0 Å². The van der Waals surface area contributed by atoms with E-state index in [0.29, 0.717) is 12.5 Å². The molecule has 1 aromatic rings. The standard InChI is InChI=1S/C20H34N4O/c1-3-21-20(22-13-17(2)15-24-11-7-8-12-24)23-14-19(16-25)18-9-5-4-6-10-18/h4-6,9-10,17,19,25H,3,7-8,11-16H2,1-2H3,(H2,21,22,23). The highest BCUT2D eigenvalue weighted by atomic mass is 16.3. The Balaban J connectivity index is 1.83. The first-order chi connectivity index (χ1) is 12.2. The molecule has 1 fully saturated rings. The van der Waals surface area contributed by atoms with Crippen molar-refractivity contribution in [1.29, 1.82) is 0 Å². The Morgan fingerprint density at radius 2 is 1.92 bits per heavy atom. The van der Waals surface area contributed by atoms with Gasteiger partial charge in [0, 0.05) is 32.1 Å². The molecule has 5 heteroatoms. The van der Waals surface area contributed by atoms with E-state index < -0.39 is 0 Å². The highest BCUT2D eigenvalue weighted by molar-refractivity contribution is 5.79. The third-order valence-corrected chi connectivity index (χ3v) is 4.68. The summed E-state index contributed by atoms with van der Waals surface area (Å²) >= 11 is 0. The van der Waals surface area contributed by atoms with E-state index in [1.165, 1.54) is 25.9 Å². The zero-order chi connectivity index (χ0) is 17.9. The number of nitrogens with zero attached hydrogens (tertiary/aromatic N) is 2. The van der Waals surface area contributed by atoms with Gasteiger partial charge in [0.05, 0.1) is 6.61 Å². The van der Waals surface area contributed by atoms with E-state index in [1.807, 2.05) is 18.2 Å². The zero-order valence-corrected chi connectivity index (χ0v) is 15.7. The van der Waals surface area contributed by atoms with Gasteiger partial charge in [-0.1, -0.05) is 37.3 Å². The molecule has 25 heavy (non-hydrogen) atoms. The van der Waals surface area contributed by atoms with Crippen molar-refractivity contribution < 1.29 is 5.11 Å². The Morgan fingerprint density at radius 3 is 2.56 bits per heavy atom. The number of nitrogens with one attached hydrogen (secondary N) is 2. The molecule has 2 atom stereocenters. The van der Waals surface area contributed by atoms with Gasteiger partial charge in [0.15, 0.2) is 5.96 Å². The molecule has 0 aliphatic carbocycles. The van der Waals surface area contributed by atoms with E-state index in [2.05, 4.69) is 41.5 Å². The molecule has 140 valence electrons. The van der Waals surface area contributed by atoms with Gasteiger partial charge in [-0.05, 0) is 44.3 Å². The molecule has 3 N–H and O–H groups in total.